The summed E-state index contributed by atoms with van der Waals surface area (Å²) in [6, 6.07) is 22.3. The predicted molar refractivity (Wildman–Crippen MR) is 197 cm³/mol. The Hall–Kier alpha value is -5.12. The third kappa shape index (κ3) is 13.3. The van der Waals surface area contributed by atoms with Crippen LogP contribution in [0.2, 0.25) is 0 Å². The molecule has 0 bridgehead atoms. The van der Waals surface area contributed by atoms with Crippen LogP contribution in [-0.4, -0.2) is 41.7 Å². The van der Waals surface area contributed by atoms with E-state index in [4.69, 9.17) is 19.9 Å². The van der Waals surface area contributed by atoms with E-state index in [9.17, 15) is 9.59 Å². The van der Waals surface area contributed by atoms with Crippen LogP contribution in [0.5, 0.6) is 17.2 Å². The molecule has 260 valence electrons. The zero-order chi connectivity index (χ0) is 36.4. The Labute approximate surface area is 286 Å². The lowest BCUT2D eigenvalue weighted by atomic mass is 10.2. The fourth-order valence-corrected chi connectivity index (χ4v) is 3.99. The van der Waals surface area contributed by atoms with Crippen LogP contribution >= 0.6 is 0 Å². The van der Waals surface area contributed by atoms with Crippen molar-refractivity contribution >= 4 is 34.9 Å². The summed E-state index contributed by atoms with van der Waals surface area (Å²) in [5, 5.41) is 0. The highest BCUT2D eigenvalue weighted by molar-refractivity contribution is 6.01. The van der Waals surface area contributed by atoms with Crippen LogP contribution in [0.4, 0.5) is 27.7 Å². The number of rotatable bonds is 6. The molecule has 0 aliphatic heterocycles. The van der Waals surface area contributed by atoms with Gasteiger partial charge in [-0.05, 0) is 88.7 Å². The van der Waals surface area contributed by atoms with Gasteiger partial charge in [0.1, 0.15) is 34.9 Å². The summed E-state index contributed by atoms with van der Waals surface area (Å²) in [5.74, 6) is 2.22. The maximum Gasteiger partial charge on any atom is 0.414 e. The SMILES string of the molecule is CC.CC(=O)N(c1ccc(Oc2ccccc2)cc1)c1c(C)ncnc1N.CCC.COc1cc(C)cc(N(C)C(=O)OC(C)(C)C)c1. The van der Waals surface area contributed by atoms with Gasteiger partial charge < -0.3 is 19.9 Å². The first-order valence-electron chi connectivity index (χ1n) is 16.0. The van der Waals surface area contributed by atoms with Crippen LogP contribution < -0.4 is 25.0 Å². The van der Waals surface area contributed by atoms with E-state index in [1.165, 1.54) is 29.5 Å². The van der Waals surface area contributed by atoms with Gasteiger partial charge in [0.2, 0.25) is 5.91 Å². The van der Waals surface area contributed by atoms with Gasteiger partial charge in [0.25, 0.3) is 0 Å². The Morgan fingerprint density at radius 2 is 1.40 bits per heavy atom. The maximum atomic E-state index is 12.2. The number of aryl methyl sites for hydroxylation is 2. The van der Waals surface area contributed by atoms with Crippen LogP contribution in [0, 0.1) is 13.8 Å². The van der Waals surface area contributed by atoms with E-state index in [0.29, 0.717) is 22.8 Å². The van der Waals surface area contributed by atoms with Crippen molar-refractivity contribution in [2.75, 3.05) is 29.7 Å². The lowest BCUT2D eigenvalue weighted by molar-refractivity contribution is -0.115. The minimum atomic E-state index is -0.501. The summed E-state index contributed by atoms with van der Waals surface area (Å²) < 4.78 is 16.3. The predicted octanol–water partition coefficient (Wildman–Crippen LogP) is 9.66. The summed E-state index contributed by atoms with van der Waals surface area (Å²) >= 11 is 0. The number of anilines is 4. The Morgan fingerprint density at radius 1 is 0.833 bits per heavy atom. The zero-order valence-corrected chi connectivity index (χ0v) is 30.6. The largest absolute Gasteiger partial charge is 0.497 e. The van der Waals surface area contributed by atoms with Crippen LogP contribution in [0.25, 0.3) is 0 Å². The van der Waals surface area contributed by atoms with Crippen LogP contribution in [0.15, 0.2) is 79.1 Å². The molecule has 0 aliphatic rings. The summed E-state index contributed by atoms with van der Waals surface area (Å²) in [6.45, 7) is 19.0. The van der Waals surface area contributed by atoms with E-state index >= 15 is 0 Å². The quantitative estimate of drug-likeness (QED) is 0.217. The van der Waals surface area contributed by atoms with E-state index in [-0.39, 0.29) is 17.8 Å². The number of amides is 2. The van der Waals surface area contributed by atoms with Gasteiger partial charge in [-0.15, -0.1) is 0 Å². The Morgan fingerprint density at radius 3 is 1.90 bits per heavy atom. The lowest BCUT2D eigenvalue weighted by Crippen LogP contribution is -2.34. The molecule has 10 nitrogen and oxygen atoms in total. The first kappa shape index (κ1) is 40.9. The average molecular weight is 660 g/mol. The molecule has 0 radical (unpaired) electrons. The van der Waals surface area contributed by atoms with Crippen molar-refractivity contribution in [3.8, 4) is 17.2 Å². The molecule has 48 heavy (non-hydrogen) atoms. The monoisotopic (exact) mass is 659 g/mol. The molecule has 2 amide bonds. The van der Waals surface area contributed by atoms with Crippen LogP contribution in [0.3, 0.4) is 0 Å². The Balaban J connectivity index is 0.000000442. The first-order chi connectivity index (χ1) is 22.7. The van der Waals surface area contributed by atoms with Crippen molar-refractivity contribution in [3.05, 3.63) is 90.4 Å². The summed E-state index contributed by atoms with van der Waals surface area (Å²) in [7, 11) is 3.29. The molecule has 0 atom stereocenters. The number of ether oxygens (including phenoxy) is 3. The van der Waals surface area contributed by atoms with Crippen molar-refractivity contribution in [1.29, 1.82) is 0 Å². The summed E-state index contributed by atoms with van der Waals surface area (Å²) in [6.07, 6.45) is 2.25. The van der Waals surface area contributed by atoms with E-state index in [1.54, 1.807) is 51.4 Å². The number of nitrogens with zero attached hydrogens (tertiary/aromatic N) is 4. The maximum absolute atomic E-state index is 12.2. The molecule has 4 aromatic rings. The third-order valence-corrected chi connectivity index (χ3v) is 5.97. The third-order valence-electron chi connectivity index (χ3n) is 5.97. The molecule has 3 aromatic carbocycles. The molecular weight excluding hydrogens is 606 g/mol. The van der Waals surface area contributed by atoms with E-state index in [2.05, 4.69) is 23.8 Å². The van der Waals surface area contributed by atoms with E-state index < -0.39 is 5.60 Å². The minimum absolute atomic E-state index is 0.179. The molecule has 1 heterocycles. The fourth-order valence-electron chi connectivity index (χ4n) is 3.99. The fraction of sp³-hybridized carbons (Fsp3) is 0.368. The van der Waals surface area contributed by atoms with Gasteiger partial charge in [-0.25, -0.2) is 14.8 Å². The van der Waals surface area contributed by atoms with Gasteiger partial charge in [0, 0.05) is 25.7 Å². The Bertz CT molecular complexity index is 1530. The lowest BCUT2D eigenvalue weighted by Gasteiger charge is -2.25. The van der Waals surface area contributed by atoms with Gasteiger partial charge in [0.05, 0.1) is 18.5 Å². The number of carbonyl (C=O) groups is 2. The van der Waals surface area contributed by atoms with Crippen molar-refractivity contribution in [3.63, 3.8) is 0 Å². The normalized spacial score (nSPS) is 10.0. The Kier molecular flexibility index (Phi) is 17.2. The molecule has 2 N–H and O–H groups in total. The molecule has 0 aliphatic carbocycles. The number of hydrogen-bond acceptors (Lipinski definition) is 8. The van der Waals surface area contributed by atoms with E-state index in [0.717, 1.165) is 22.7 Å². The minimum Gasteiger partial charge on any atom is -0.497 e. The van der Waals surface area contributed by atoms with Crippen LogP contribution in [-0.2, 0) is 9.53 Å². The molecule has 0 saturated carbocycles. The molecule has 0 spiro atoms. The zero-order valence-electron chi connectivity index (χ0n) is 30.6. The summed E-state index contributed by atoms with van der Waals surface area (Å²) in [4.78, 5) is 35.2. The summed E-state index contributed by atoms with van der Waals surface area (Å²) in [5.41, 5.74) is 9.03. The highest BCUT2D eigenvalue weighted by Crippen LogP contribution is 2.33. The smallest absolute Gasteiger partial charge is 0.414 e. The van der Waals surface area contributed by atoms with Gasteiger partial charge in [-0.2, -0.15) is 0 Å². The second kappa shape index (κ2) is 20.2. The van der Waals surface area contributed by atoms with Crippen LogP contribution in [0.1, 0.15) is 73.1 Å². The first-order valence-corrected chi connectivity index (χ1v) is 16.0. The van der Waals surface area contributed by atoms with Crippen molar-refractivity contribution in [1.82, 2.24) is 9.97 Å². The number of nitrogens with two attached hydrogens (primary N) is 1. The van der Waals surface area contributed by atoms with Crippen molar-refractivity contribution in [2.45, 2.75) is 81.3 Å². The van der Waals surface area contributed by atoms with Crippen molar-refractivity contribution in [2.24, 2.45) is 0 Å². The molecular formula is C38H53N5O5. The standard InChI is InChI=1S/C19H18N4O2.C14H21NO3.C3H8.C2H6/c1-13-18(19(20)22-12-21-13)23(14(2)24)15-8-10-17(11-9-15)25-16-6-4-3-5-7-16;1-10-7-11(9-12(8-10)17-6)15(5)13(16)18-14(2,3)4;1-3-2;1-2/h3-12H,1-2H3,(H2,20,21,22);7-9H,1-6H3;3H2,1-2H3;1-2H3. The number of para-hydroxylation sites is 1. The van der Waals surface area contributed by atoms with Gasteiger partial charge >= 0.3 is 6.09 Å². The van der Waals surface area contributed by atoms with Gasteiger partial charge in [-0.1, -0.05) is 52.3 Å². The molecule has 0 saturated heterocycles. The average Bonchev–Trinajstić information content (AvgIpc) is 3.04. The molecule has 0 unspecified atom stereocenters. The van der Waals surface area contributed by atoms with E-state index in [1.807, 2.05) is 84.0 Å². The number of carbonyl (C=O) groups excluding carboxylic acids is 2. The number of nitrogen functional groups attached to an aromatic ring is 1. The molecule has 0 fully saturated rings. The van der Waals surface area contributed by atoms with Gasteiger partial charge in [-0.3, -0.25) is 14.6 Å². The highest BCUT2D eigenvalue weighted by Gasteiger charge is 2.22. The number of hydrogen-bond donors (Lipinski definition) is 1. The molecule has 10 heteroatoms. The molecule has 4 rings (SSSR count). The highest BCUT2D eigenvalue weighted by atomic mass is 16.6. The second-order valence-electron chi connectivity index (χ2n) is 11.4. The van der Waals surface area contributed by atoms with Crippen molar-refractivity contribution < 1.29 is 23.8 Å². The number of benzene rings is 3. The molecule has 1 aromatic heterocycles. The second-order valence-corrected chi connectivity index (χ2v) is 11.4. The number of methoxy groups -OCH3 is 1. The topological polar surface area (TPSA) is 120 Å². The van der Waals surface area contributed by atoms with Gasteiger partial charge in [0.15, 0.2) is 5.82 Å². The number of aromatic nitrogens is 2.